The van der Waals surface area contributed by atoms with Crippen LogP contribution in [0.2, 0.25) is 0 Å². The summed E-state index contributed by atoms with van der Waals surface area (Å²) in [4.78, 5) is 21.7. The van der Waals surface area contributed by atoms with Crippen molar-refractivity contribution in [2.45, 2.75) is 19.8 Å². The average molecular weight is 317 g/mol. The minimum absolute atomic E-state index is 0. The number of aryl methyl sites for hydroxylation is 1. The van der Waals surface area contributed by atoms with Gasteiger partial charge in [-0.1, -0.05) is 6.07 Å². The summed E-state index contributed by atoms with van der Waals surface area (Å²) < 4.78 is 0. The van der Waals surface area contributed by atoms with E-state index in [1.165, 1.54) is 6.07 Å². The number of hydrogen-bond donors (Lipinski definition) is 3. The third-order valence-corrected chi connectivity index (χ3v) is 2.71. The Labute approximate surface area is 129 Å². The van der Waals surface area contributed by atoms with E-state index < -0.39 is 4.92 Å². The Balaban J connectivity index is 0.00000400. The second kappa shape index (κ2) is 9.95. The molecule has 1 aromatic rings. The summed E-state index contributed by atoms with van der Waals surface area (Å²) in [6.07, 6.45) is 0.998. The monoisotopic (exact) mass is 316 g/mol. The Hall–Kier alpha value is -1.86. The van der Waals surface area contributed by atoms with Crippen molar-refractivity contribution in [3.05, 3.63) is 33.9 Å². The molecule has 8 heteroatoms. The second-order valence-electron chi connectivity index (χ2n) is 4.45. The number of nitrogens with zero attached hydrogens (tertiary/aromatic N) is 1. The number of carbonyl (C=O) groups excluding carboxylic acids is 1. The lowest BCUT2D eigenvalue weighted by Gasteiger charge is -2.08. The molecule has 1 aromatic carbocycles. The first-order valence-electron chi connectivity index (χ1n) is 6.50. The van der Waals surface area contributed by atoms with Crippen molar-refractivity contribution < 1.29 is 9.72 Å². The first-order chi connectivity index (χ1) is 9.54. The van der Waals surface area contributed by atoms with E-state index in [1.54, 1.807) is 6.07 Å². The summed E-state index contributed by atoms with van der Waals surface area (Å²) in [7, 11) is 0. The number of carbonyl (C=O) groups is 1. The quantitative estimate of drug-likeness (QED) is 0.383. The summed E-state index contributed by atoms with van der Waals surface area (Å²) in [6, 6.07) is 5.05. The van der Waals surface area contributed by atoms with E-state index in [0.717, 1.165) is 5.56 Å². The van der Waals surface area contributed by atoms with Crippen LogP contribution in [-0.4, -0.2) is 30.5 Å². The molecule has 118 valence electrons. The number of benzene rings is 1. The zero-order valence-corrected chi connectivity index (χ0v) is 12.7. The maximum absolute atomic E-state index is 11.2. The Morgan fingerprint density at radius 3 is 2.71 bits per heavy atom. The van der Waals surface area contributed by atoms with Crippen LogP contribution in [0.3, 0.4) is 0 Å². The fourth-order valence-corrected chi connectivity index (χ4v) is 1.70. The van der Waals surface area contributed by atoms with Crippen molar-refractivity contribution in [3.8, 4) is 0 Å². The minimum Gasteiger partial charge on any atom is -0.379 e. The van der Waals surface area contributed by atoms with Gasteiger partial charge in [0.2, 0.25) is 5.91 Å². The summed E-state index contributed by atoms with van der Waals surface area (Å²) in [5.74, 6) is -0.0752. The molecule has 0 bridgehead atoms. The van der Waals surface area contributed by atoms with E-state index in [-0.39, 0.29) is 24.0 Å². The van der Waals surface area contributed by atoms with Crippen molar-refractivity contribution in [1.29, 1.82) is 0 Å². The summed E-state index contributed by atoms with van der Waals surface area (Å²) >= 11 is 0. The highest BCUT2D eigenvalue weighted by molar-refractivity contribution is 5.85. The van der Waals surface area contributed by atoms with E-state index >= 15 is 0 Å². The number of halogens is 1. The smallest absolute Gasteiger partial charge is 0.292 e. The lowest BCUT2D eigenvalue weighted by atomic mass is 10.2. The van der Waals surface area contributed by atoms with Crippen LogP contribution in [0.25, 0.3) is 0 Å². The molecule has 0 aliphatic carbocycles. The van der Waals surface area contributed by atoms with Gasteiger partial charge in [0.15, 0.2) is 0 Å². The molecule has 1 rings (SSSR count). The van der Waals surface area contributed by atoms with Gasteiger partial charge in [0.25, 0.3) is 5.69 Å². The largest absolute Gasteiger partial charge is 0.379 e. The first kappa shape index (κ1) is 19.1. The number of nitro groups is 1. The van der Waals surface area contributed by atoms with E-state index in [9.17, 15) is 14.9 Å². The van der Waals surface area contributed by atoms with Gasteiger partial charge in [-0.15, -0.1) is 12.4 Å². The number of nitrogens with one attached hydrogen (secondary N) is 2. The van der Waals surface area contributed by atoms with Crippen molar-refractivity contribution in [3.63, 3.8) is 0 Å². The molecule has 0 aliphatic rings. The fraction of sp³-hybridized carbons (Fsp3) is 0.462. The molecule has 0 saturated carbocycles. The van der Waals surface area contributed by atoms with Crippen molar-refractivity contribution in [1.82, 2.24) is 5.32 Å². The SMILES string of the molecule is Cc1ccc(NCCCNC(=O)CCN)c([N+](=O)[O-])c1.Cl. The van der Waals surface area contributed by atoms with Crippen molar-refractivity contribution >= 4 is 29.7 Å². The van der Waals surface area contributed by atoms with Crippen LogP contribution in [0.4, 0.5) is 11.4 Å². The van der Waals surface area contributed by atoms with Gasteiger partial charge < -0.3 is 16.4 Å². The van der Waals surface area contributed by atoms with Crippen molar-refractivity contribution in [2.24, 2.45) is 5.73 Å². The molecule has 0 spiro atoms. The standard InChI is InChI=1S/C13H20N4O3.ClH/c1-10-3-4-11(12(9-10)17(19)20)15-7-2-8-16-13(18)5-6-14;/h3-4,9,15H,2,5-8,14H2,1H3,(H,16,18);1H. The lowest BCUT2D eigenvalue weighted by Crippen LogP contribution is -2.27. The molecule has 0 aliphatic heterocycles. The Morgan fingerprint density at radius 1 is 1.38 bits per heavy atom. The van der Waals surface area contributed by atoms with Crippen molar-refractivity contribution in [2.75, 3.05) is 25.0 Å². The highest BCUT2D eigenvalue weighted by Crippen LogP contribution is 2.24. The number of hydrogen-bond acceptors (Lipinski definition) is 5. The van der Waals surface area contributed by atoms with Crippen LogP contribution in [-0.2, 0) is 4.79 Å². The van der Waals surface area contributed by atoms with Crippen LogP contribution >= 0.6 is 12.4 Å². The first-order valence-corrected chi connectivity index (χ1v) is 6.50. The van der Waals surface area contributed by atoms with E-state index in [2.05, 4.69) is 10.6 Å². The zero-order valence-electron chi connectivity index (χ0n) is 11.9. The van der Waals surface area contributed by atoms with E-state index in [1.807, 2.05) is 13.0 Å². The molecule has 0 unspecified atom stereocenters. The number of anilines is 1. The van der Waals surface area contributed by atoms with Crippen LogP contribution < -0.4 is 16.4 Å². The molecule has 0 atom stereocenters. The molecule has 0 aromatic heterocycles. The van der Waals surface area contributed by atoms with Gasteiger partial charge in [-0.25, -0.2) is 0 Å². The molecular formula is C13H21ClN4O3. The van der Waals surface area contributed by atoms with Gasteiger partial charge in [0.1, 0.15) is 5.69 Å². The Kier molecular flexibility index (Phi) is 9.07. The fourth-order valence-electron chi connectivity index (χ4n) is 1.70. The molecule has 0 fully saturated rings. The van der Waals surface area contributed by atoms with Crippen LogP contribution in [0.1, 0.15) is 18.4 Å². The van der Waals surface area contributed by atoms with Gasteiger partial charge in [-0.3, -0.25) is 14.9 Å². The van der Waals surface area contributed by atoms with Gasteiger partial charge >= 0.3 is 0 Å². The summed E-state index contributed by atoms with van der Waals surface area (Å²) in [6.45, 7) is 3.21. The number of amides is 1. The van der Waals surface area contributed by atoms with Crippen LogP contribution in [0.5, 0.6) is 0 Å². The van der Waals surface area contributed by atoms with Gasteiger partial charge in [0, 0.05) is 32.1 Å². The topological polar surface area (TPSA) is 110 Å². The molecule has 4 N–H and O–H groups in total. The molecule has 0 heterocycles. The highest BCUT2D eigenvalue weighted by Gasteiger charge is 2.12. The average Bonchev–Trinajstić information content (AvgIpc) is 2.40. The van der Waals surface area contributed by atoms with Crippen LogP contribution in [0.15, 0.2) is 18.2 Å². The number of nitrogens with two attached hydrogens (primary N) is 1. The second-order valence-corrected chi connectivity index (χ2v) is 4.45. The molecule has 0 radical (unpaired) electrons. The predicted molar refractivity (Wildman–Crippen MR) is 84.9 cm³/mol. The maximum Gasteiger partial charge on any atom is 0.292 e. The van der Waals surface area contributed by atoms with Crippen LogP contribution in [0, 0.1) is 17.0 Å². The molecule has 1 amide bonds. The summed E-state index contributed by atoms with van der Waals surface area (Å²) in [5, 5.41) is 16.7. The predicted octanol–water partition coefficient (Wildman–Crippen LogP) is 1.59. The molecule has 0 saturated heterocycles. The minimum atomic E-state index is -0.404. The van der Waals surface area contributed by atoms with Gasteiger partial charge in [-0.05, 0) is 25.0 Å². The zero-order chi connectivity index (χ0) is 15.0. The third-order valence-electron chi connectivity index (χ3n) is 2.71. The third kappa shape index (κ3) is 6.92. The van der Waals surface area contributed by atoms with Gasteiger partial charge in [0.05, 0.1) is 4.92 Å². The van der Waals surface area contributed by atoms with E-state index in [0.29, 0.717) is 38.2 Å². The normalized spacial score (nSPS) is 9.62. The molecule has 21 heavy (non-hydrogen) atoms. The molecule has 7 nitrogen and oxygen atoms in total. The van der Waals surface area contributed by atoms with E-state index in [4.69, 9.17) is 5.73 Å². The number of rotatable bonds is 8. The number of nitro benzene ring substituents is 1. The Bertz CT molecular complexity index is 482. The maximum atomic E-state index is 11.2. The highest BCUT2D eigenvalue weighted by atomic mass is 35.5. The molecular weight excluding hydrogens is 296 g/mol. The Morgan fingerprint density at radius 2 is 2.10 bits per heavy atom. The lowest BCUT2D eigenvalue weighted by molar-refractivity contribution is -0.384. The summed E-state index contributed by atoms with van der Waals surface area (Å²) in [5.41, 5.74) is 6.66. The van der Waals surface area contributed by atoms with Gasteiger partial charge in [-0.2, -0.15) is 0 Å².